The van der Waals surface area contributed by atoms with Crippen LogP contribution in [0, 0.1) is 12.3 Å². The topological polar surface area (TPSA) is 59.4 Å². The maximum Gasteiger partial charge on any atom is 0.335 e. The Labute approximate surface area is 101 Å². The van der Waals surface area contributed by atoms with Crippen molar-refractivity contribution >= 4 is 5.97 Å². The van der Waals surface area contributed by atoms with E-state index >= 15 is 0 Å². The predicted molar refractivity (Wildman–Crippen MR) is 64.1 cm³/mol. The molecule has 4 heteroatoms. The third-order valence-electron chi connectivity index (χ3n) is 2.10. The first-order valence-electron chi connectivity index (χ1n) is 5.48. The van der Waals surface area contributed by atoms with Gasteiger partial charge in [0.05, 0.1) is 5.56 Å². The van der Waals surface area contributed by atoms with E-state index in [2.05, 4.69) is 10.9 Å². The Kier molecular flexibility index (Phi) is 5.02. The molecule has 0 saturated heterocycles. The van der Waals surface area contributed by atoms with Crippen LogP contribution in [0.3, 0.4) is 0 Å². The van der Waals surface area contributed by atoms with Crippen LogP contribution in [0.2, 0.25) is 0 Å². The summed E-state index contributed by atoms with van der Waals surface area (Å²) in [6, 6.07) is 2.98. The summed E-state index contributed by atoms with van der Waals surface area (Å²) in [4.78, 5) is 15.1. The molecular weight excluding hydrogens is 218 g/mol. The lowest BCUT2D eigenvalue weighted by Gasteiger charge is -2.07. The highest BCUT2D eigenvalue weighted by Gasteiger charge is 2.08. The van der Waals surface area contributed by atoms with Crippen molar-refractivity contribution in [2.75, 3.05) is 6.61 Å². The average Bonchev–Trinajstić information content (AvgIpc) is 2.29. The third kappa shape index (κ3) is 4.15. The molecule has 0 radical (unpaired) electrons. The van der Waals surface area contributed by atoms with Crippen molar-refractivity contribution in [3.8, 4) is 18.2 Å². The SMILES string of the molecule is C#CCCOc1cc(C(=O)O)cc(CCC)n1. The molecule has 1 heterocycles. The zero-order valence-electron chi connectivity index (χ0n) is 9.77. The number of pyridine rings is 1. The highest BCUT2D eigenvalue weighted by Crippen LogP contribution is 2.14. The van der Waals surface area contributed by atoms with Crippen LogP contribution in [0.1, 0.15) is 35.8 Å². The molecular formula is C13H15NO3. The second kappa shape index (κ2) is 6.54. The van der Waals surface area contributed by atoms with E-state index in [0.29, 0.717) is 18.9 Å². The number of nitrogens with zero attached hydrogens (tertiary/aromatic N) is 1. The minimum Gasteiger partial charge on any atom is -0.478 e. The minimum absolute atomic E-state index is 0.194. The van der Waals surface area contributed by atoms with Gasteiger partial charge in [0, 0.05) is 18.2 Å². The number of terminal acetylenes is 1. The first kappa shape index (κ1) is 13.0. The number of carboxylic acid groups (broad SMARTS) is 1. The zero-order valence-corrected chi connectivity index (χ0v) is 9.77. The largest absolute Gasteiger partial charge is 0.478 e. The molecule has 1 aromatic heterocycles. The van der Waals surface area contributed by atoms with Crippen molar-refractivity contribution in [2.45, 2.75) is 26.2 Å². The molecule has 0 aliphatic rings. The van der Waals surface area contributed by atoms with Gasteiger partial charge in [0.15, 0.2) is 0 Å². The second-order valence-electron chi connectivity index (χ2n) is 3.54. The molecule has 0 saturated carbocycles. The Balaban J connectivity index is 2.88. The Hall–Kier alpha value is -2.02. The van der Waals surface area contributed by atoms with E-state index in [1.54, 1.807) is 6.07 Å². The number of ether oxygens (including phenoxy) is 1. The molecule has 90 valence electrons. The highest BCUT2D eigenvalue weighted by atomic mass is 16.5. The highest BCUT2D eigenvalue weighted by molar-refractivity contribution is 5.88. The molecule has 0 aromatic carbocycles. The number of rotatable bonds is 6. The number of hydrogen-bond donors (Lipinski definition) is 1. The summed E-state index contributed by atoms with van der Waals surface area (Å²) in [7, 11) is 0. The van der Waals surface area contributed by atoms with Gasteiger partial charge in [-0.15, -0.1) is 12.3 Å². The number of hydrogen-bond acceptors (Lipinski definition) is 3. The molecule has 0 fully saturated rings. The van der Waals surface area contributed by atoms with Crippen LogP contribution in [-0.4, -0.2) is 22.7 Å². The fourth-order valence-electron chi connectivity index (χ4n) is 1.36. The van der Waals surface area contributed by atoms with E-state index in [4.69, 9.17) is 16.3 Å². The van der Waals surface area contributed by atoms with Crippen LogP contribution in [0.15, 0.2) is 12.1 Å². The lowest BCUT2D eigenvalue weighted by Crippen LogP contribution is -2.04. The first-order chi connectivity index (χ1) is 8.17. The second-order valence-corrected chi connectivity index (χ2v) is 3.54. The molecule has 0 amide bonds. The van der Waals surface area contributed by atoms with Gasteiger partial charge in [-0.1, -0.05) is 13.3 Å². The van der Waals surface area contributed by atoms with Crippen LogP contribution < -0.4 is 4.74 Å². The number of aromatic nitrogens is 1. The summed E-state index contributed by atoms with van der Waals surface area (Å²) in [5.74, 6) is 1.79. The molecule has 4 nitrogen and oxygen atoms in total. The number of aryl methyl sites for hydroxylation is 1. The average molecular weight is 233 g/mol. The molecule has 1 N–H and O–H groups in total. The van der Waals surface area contributed by atoms with Gasteiger partial charge in [-0.25, -0.2) is 9.78 Å². The Morgan fingerprint density at radius 3 is 2.94 bits per heavy atom. The van der Waals surface area contributed by atoms with Crippen LogP contribution in [-0.2, 0) is 6.42 Å². The van der Waals surface area contributed by atoms with Crippen molar-refractivity contribution in [3.05, 3.63) is 23.4 Å². The summed E-state index contributed by atoms with van der Waals surface area (Å²) < 4.78 is 5.31. The maximum absolute atomic E-state index is 10.9. The molecule has 0 aliphatic carbocycles. The molecule has 0 aliphatic heterocycles. The lowest BCUT2D eigenvalue weighted by molar-refractivity contribution is 0.0696. The standard InChI is InChI=1S/C13H15NO3/c1-3-5-7-17-12-9-10(13(15)16)8-11(14-12)6-4-2/h1,8-9H,4-7H2,2H3,(H,15,16). The van der Waals surface area contributed by atoms with Crippen LogP contribution >= 0.6 is 0 Å². The fourth-order valence-corrected chi connectivity index (χ4v) is 1.36. The molecule has 0 bridgehead atoms. The van der Waals surface area contributed by atoms with Crippen LogP contribution in [0.5, 0.6) is 5.88 Å². The third-order valence-corrected chi connectivity index (χ3v) is 2.10. The van der Waals surface area contributed by atoms with Crippen molar-refractivity contribution < 1.29 is 14.6 Å². The summed E-state index contributed by atoms with van der Waals surface area (Å²) in [5.41, 5.74) is 0.919. The zero-order chi connectivity index (χ0) is 12.7. The molecule has 0 atom stereocenters. The molecule has 17 heavy (non-hydrogen) atoms. The van der Waals surface area contributed by atoms with Gasteiger partial charge >= 0.3 is 5.97 Å². The normalized spacial score (nSPS) is 9.65. The smallest absolute Gasteiger partial charge is 0.335 e. The van der Waals surface area contributed by atoms with Gasteiger partial charge in [0.25, 0.3) is 0 Å². The summed E-state index contributed by atoms with van der Waals surface area (Å²) >= 11 is 0. The molecule has 1 rings (SSSR count). The van der Waals surface area contributed by atoms with Crippen LogP contribution in [0.4, 0.5) is 0 Å². The van der Waals surface area contributed by atoms with E-state index in [1.807, 2.05) is 6.92 Å². The van der Waals surface area contributed by atoms with Crippen molar-refractivity contribution in [1.29, 1.82) is 0 Å². The van der Waals surface area contributed by atoms with Gasteiger partial charge in [0.1, 0.15) is 6.61 Å². The number of aromatic carboxylic acids is 1. The van der Waals surface area contributed by atoms with E-state index in [-0.39, 0.29) is 5.56 Å². The van der Waals surface area contributed by atoms with E-state index in [9.17, 15) is 4.79 Å². The Morgan fingerprint density at radius 1 is 1.59 bits per heavy atom. The van der Waals surface area contributed by atoms with Gasteiger partial charge in [-0.3, -0.25) is 0 Å². The van der Waals surface area contributed by atoms with Crippen molar-refractivity contribution in [2.24, 2.45) is 0 Å². The van der Waals surface area contributed by atoms with Crippen LogP contribution in [0.25, 0.3) is 0 Å². The van der Waals surface area contributed by atoms with Gasteiger partial charge in [0.2, 0.25) is 5.88 Å². The first-order valence-corrected chi connectivity index (χ1v) is 5.48. The quantitative estimate of drug-likeness (QED) is 0.604. The van der Waals surface area contributed by atoms with E-state index in [1.165, 1.54) is 6.07 Å². The predicted octanol–water partition coefficient (Wildman–Crippen LogP) is 2.13. The summed E-state index contributed by atoms with van der Waals surface area (Å²) in [5, 5.41) is 8.96. The van der Waals surface area contributed by atoms with Gasteiger partial charge < -0.3 is 9.84 Å². The van der Waals surface area contributed by atoms with Crippen molar-refractivity contribution in [3.63, 3.8) is 0 Å². The van der Waals surface area contributed by atoms with E-state index < -0.39 is 5.97 Å². The maximum atomic E-state index is 10.9. The van der Waals surface area contributed by atoms with Crippen molar-refractivity contribution in [1.82, 2.24) is 4.98 Å². The Bertz CT molecular complexity index is 435. The van der Waals surface area contributed by atoms with Gasteiger partial charge in [-0.05, 0) is 12.5 Å². The Morgan fingerprint density at radius 2 is 2.35 bits per heavy atom. The number of carbonyl (C=O) groups is 1. The summed E-state index contributed by atoms with van der Waals surface area (Å²) in [6.45, 7) is 2.35. The van der Waals surface area contributed by atoms with E-state index in [0.717, 1.165) is 18.5 Å². The van der Waals surface area contributed by atoms with Gasteiger partial charge in [-0.2, -0.15) is 0 Å². The molecule has 0 spiro atoms. The fraction of sp³-hybridized carbons (Fsp3) is 0.385. The molecule has 1 aromatic rings. The monoisotopic (exact) mass is 233 g/mol. The minimum atomic E-state index is -0.980. The molecule has 0 unspecified atom stereocenters. The summed E-state index contributed by atoms with van der Waals surface area (Å²) in [6.07, 6.45) is 7.21. The number of carboxylic acids is 1. The lowest BCUT2D eigenvalue weighted by atomic mass is 10.1.